The van der Waals surface area contributed by atoms with Gasteiger partial charge < -0.3 is 14.6 Å². The Morgan fingerprint density at radius 2 is 1.43 bits per heavy atom. The summed E-state index contributed by atoms with van der Waals surface area (Å²) in [5, 5.41) is 9.30. The fourth-order valence-corrected chi connectivity index (χ4v) is 6.77. The number of fused-ring (bicyclic) bond motifs is 2. The molecule has 6 rings (SSSR count). The monoisotopic (exact) mass is 625 g/mol. The SMILES string of the molecule is COC(Cc1ccc(OCCN(C)C2c3ccc(-c4ccccc4)cc3CCc3cc(C(C)c4ccccc4)ccc32)cc1)C(=O)O. The summed E-state index contributed by atoms with van der Waals surface area (Å²) in [5.74, 6) is 0.119. The number of rotatable bonds is 12. The zero-order valence-electron chi connectivity index (χ0n) is 27.4. The molecule has 0 fully saturated rings. The van der Waals surface area contributed by atoms with Crippen molar-refractivity contribution >= 4 is 5.97 Å². The smallest absolute Gasteiger partial charge is 0.333 e. The summed E-state index contributed by atoms with van der Waals surface area (Å²) in [7, 11) is 3.61. The first-order chi connectivity index (χ1) is 22.9. The molecule has 0 bridgehead atoms. The molecule has 1 aliphatic carbocycles. The number of likely N-dealkylation sites (N-methyl/N-ethyl adjacent to an activating group) is 1. The molecule has 0 saturated heterocycles. The standard InChI is InChI=1S/C42H43NO4/c1-29(31-10-6-4-7-11-31)33-18-22-38-35(27-33)16-17-36-28-34(32-12-8-5-9-13-32)19-23-39(36)41(38)43(2)24-25-47-37-20-14-30(15-21-37)26-40(46-3)42(44)45/h4-15,18-23,27-29,40-41H,16-17,24-26H2,1-3H3,(H,44,45). The van der Waals surface area contributed by atoms with Crippen LogP contribution >= 0.6 is 0 Å². The first-order valence-corrected chi connectivity index (χ1v) is 16.4. The van der Waals surface area contributed by atoms with E-state index in [9.17, 15) is 9.90 Å². The van der Waals surface area contributed by atoms with E-state index in [1.54, 1.807) is 0 Å². The summed E-state index contributed by atoms with van der Waals surface area (Å²) in [6.45, 7) is 3.56. The number of hydrogen-bond acceptors (Lipinski definition) is 4. The van der Waals surface area contributed by atoms with Gasteiger partial charge in [0, 0.05) is 26.0 Å². The predicted octanol–water partition coefficient (Wildman–Crippen LogP) is 8.35. The zero-order valence-corrected chi connectivity index (χ0v) is 27.4. The first kappa shape index (κ1) is 32.2. The van der Waals surface area contributed by atoms with Crippen molar-refractivity contribution in [3.8, 4) is 16.9 Å². The maximum atomic E-state index is 11.3. The highest BCUT2D eigenvalue weighted by molar-refractivity contribution is 5.72. The molecule has 5 aromatic carbocycles. The molecule has 5 heteroatoms. The van der Waals surface area contributed by atoms with Gasteiger partial charge in [-0.2, -0.15) is 0 Å². The van der Waals surface area contributed by atoms with Gasteiger partial charge in [-0.1, -0.05) is 116 Å². The van der Waals surface area contributed by atoms with E-state index in [0.29, 0.717) is 18.9 Å². The minimum Gasteiger partial charge on any atom is -0.492 e. The molecule has 5 aromatic rings. The maximum absolute atomic E-state index is 11.3. The molecule has 5 nitrogen and oxygen atoms in total. The van der Waals surface area contributed by atoms with Crippen molar-refractivity contribution < 1.29 is 19.4 Å². The van der Waals surface area contributed by atoms with Gasteiger partial charge in [-0.25, -0.2) is 4.79 Å². The highest BCUT2D eigenvalue weighted by atomic mass is 16.5. The lowest BCUT2D eigenvalue weighted by molar-refractivity contribution is -0.148. The molecule has 0 heterocycles. The van der Waals surface area contributed by atoms with Crippen LogP contribution in [-0.4, -0.2) is 49.4 Å². The van der Waals surface area contributed by atoms with Crippen LogP contribution in [0.3, 0.4) is 0 Å². The average Bonchev–Trinajstić information content (AvgIpc) is 3.27. The summed E-state index contributed by atoms with van der Waals surface area (Å²) >= 11 is 0. The van der Waals surface area contributed by atoms with Gasteiger partial charge in [0.1, 0.15) is 12.4 Å². The largest absolute Gasteiger partial charge is 0.492 e. The van der Waals surface area contributed by atoms with Crippen LogP contribution in [0.1, 0.15) is 57.8 Å². The van der Waals surface area contributed by atoms with Crippen LogP contribution in [-0.2, 0) is 28.8 Å². The Hall–Kier alpha value is -4.71. The average molecular weight is 626 g/mol. The van der Waals surface area contributed by atoms with Crippen molar-refractivity contribution in [1.82, 2.24) is 4.90 Å². The molecule has 1 aliphatic rings. The van der Waals surface area contributed by atoms with E-state index in [-0.39, 0.29) is 6.04 Å². The molecule has 3 atom stereocenters. The number of aryl methyl sites for hydroxylation is 2. The van der Waals surface area contributed by atoms with E-state index >= 15 is 0 Å². The Labute approximate surface area is 278 Å². The molecule has 0 amide bonds. The van der Waals surface area contributed by atoms with E-state index in [2.05, 4.69) is 116 Å². The Bertz CT molecular complexity index is 1790. The zero-order chi connectivity index (χ0) is 32.8. The lowest BCUT2D eigenvalue weighted by Gasteiger charge is -2.31. The number of benzene rings is 5. The summed E-state index contributed by atoms with van der Waals surface area (Å²) in [4.78, 5) is 13.8. The first-order valence-electron chi connectivity index (χ1n) is 16.4. The molecule has 0 radical (unpaired) electrons. The third kappa shape index (κ3) is 7.48. The van der Waals surface area contributed by atoms with E-state index in [1.165, 1.54) is 51.6 Å². The van der Waals surface area contributed by atoms with Crippen molar-refractivity contribution in [3.05, 3.63) is 160 Å². The van der Waals surface area contributed by atoms with Crippen molar-refractivity contribution in [2.45, 2.75) is 44.2 Å². The van der Waals surface area contributed by atoms with Crippen LogP contribution < -0.4 is 4.74 Å². The fraction of sp³-hybridized carbons (Fsp3) is 0.262. The van der Waals surface area contributed by atoms with Gasteiger partial charge in [0.25, 0.3) is 0 Å². The van der Waals surface area contributed by atoms with Crippen molar-refractivity contribution in [3.63, 3.8) is 0 Å². The molecule has 0 aromatic heterocycles. The minimum atomic E-state index is -0.962. The number of aliphatic carboxylic acids is 1. The van der Waals surface area contributed by atoms with Gasteiger partial charge in [0.05, 0.1) is 6.04 Å². The Kier molecular flexibility index (Phi) is 10.2. The lowest BCUT2D eigenvalue weighted by Crippen LogP contribution is -2.30. The van der Waals surface area contributed by atoms with Crippen LogP contribution in [0.25, 0.3) is 11.1 Å². The number of ether oxygens (including phenoxy) is 2. The van der Waals surface area contributed by atoms with Crippen LogP contribution in [0.2, 0.25) is 0 Å². The van der Waals surface area contributed by atoms with Gasteiger partial charge >= 0.3 is 5.97 Å². The Balaban J connectivity index is 1.24. The second-order valence-corrected chi connectivity index (χ2v) is 12.5. The van der Waals surface area contributed by atoms with E-state index in [1.807, 2.05) is 24.3 Å². The maximum Gasteiger partial charge on any atom is 0.333 e. The Morgan fingerprint density at radius 1 is 0.787 bits per heavy atom. The molecule has 240 valence electrons. The summed E-state index contributed by atoms with van der Waals surface area (Å²) in [5.41, 5.74) is 11.6. The van der Waals surface area contributed by atoms with Gasteiger partial charge in [0.15, 0.2) is 6.10 Å². The third-order valence-electron chi connectivity index (χ3n) is 9.53. The molecule has 0 spiro atoms. The van der Waals surface area contributed by atoms with Crippen molar-refractivity contribution in [2.75, 3.05) is 27.3 Å². The molecular formula is C42H43NO4. The topological polar surface area (TPSA) is 59.0 Å². The molecule has 0 aliphatic heterocycles. The molecule has 1 N–H and O–H groups in total. The van der Waals surface area contributed by atoms with Gasteiger partial charge in [-0.15, -0.1) is 0 Å². The number of hydrogen-bond donors (Lipinski definition) is 1. The lowest BCUT2D eigenvalue weighted by atomic mass is 9.87. The fourth-order valence-electron chi connectivity index (χ4n) is 6.77. The quantitative estimate of drug-likeness (QED) is 0.151. The van der Waals surface area contributed by atoms with Gasteiger partial charge in [-0.05, 0) is 82.1 Å². The molecule has 0 saturated carbocycles. The number of carbonyl (C=O) groups is 1. The van der Waals surface area contributed by atoms with E-state index < -0.39 is 12.1 Å². The highest BCUT2D eigenvalue weighted by Crippen LogP contribution is 2.39. The third-order valence-corrected chi connectivity index (χ3v) is 9.53. The number of methoxy groups -OCH3 is 1. The Morgan fingerprint density at radius 3 is 2.09 bits per heavy atom. The number of carboxylic acids is 1. The minimum absolute atomic E-state index is 0.0985. The van der Waals surface area contributed by atoms with Gasteiger partial charge in [0.2, 0.25) is 0 Å². The van der Waals surface area contributed by atoms with Crippen molar-refractivity contribution in [2.24, 2.45) is 0 Å². The molecular weight excluding hydrogens is 582 g/mol. The number of carboxylic acid groups (broad SMARTS) is 1. The molecule has 3 unspecified atom stereocenters. The summed E-state index contributed by atoms with van der Waals surface area (Å²) in [6.07, 6.45) is 1.44. The number of nitrogens with zero attached hydrogens (tertiary/aromatic N) is 1. The molecule has 47 heavy (non-hydrogen) atoms. The van der Waals surface area contributed by atoms with Crippen molar-refractivity contribution in [1.29, 1.82) is 0 Å². The predicted molar refractivity (Wildman–Crippen MR) is 188 cm³/mol. The van der Waals surface area contributed by atoms with E-state index in [4.69, 9.17) is 9.47 Å². The van der Waals surface area contributed by atoms with Crippen LogP contribution in [0, 0.1) is 0 Å². The highest BCUT2D eigenvalue weighted by Gasteiger charge is 2.28. The van der Waals surface area contributed by atoms with Gasteiger partial charge in [-0.3, -0.25) is 4.90 Å². The second kappa shape index (κ2) is 14.8. The summed E-state index contributed by atoms with van der Waals surface area (Å²) < 4.78 is 11.3. The summed E-state index contributed by atoms with van der Waals surface area (Å²) in [6, 6.07) is 43.2. The second-order valence-electron chi connectivity index (χ2n) is 12.5. The van der Waals surface area contributed by atoms with Crippen LogP contribution in [0.4, 0.5) is 0 Å². The van der Waals surface area contributed by atoms with E-state index in [0.717, 1.165) is 30.7 Å². The normalized spacial score (nSPS) is 15.3. The van der Waals surface area contributed by atoms with Crippen LogP contribution in [0.5, 0.6) is 5.75 Å². The van der Waals surface area contributed by atoms with Crippen LogP contribution in [0.15, 0.2) is 121 Å².